The third-order valence-electron chi connectivity index (χ3n) is 7.16. The van der Waals surface area contributed by atoms with Crippen LogP contribution >= 0.6 is 48.2 Å². The first-order valence-corrected chi connectivity index (χ1v) is 15.0. The van der Waals surface area contributed by atoms with E-state index in [-0.39, 0.29) is 36.1 Å². The Morgan fingerprint density at radius 2 is 1.88 bits per heavy atom. The van der Waals surface area contributed by atoms with Gasteiger partial charge >= 0.3 is 0 Å². The van der Waals surface area contributed by atoms with Crippen LogP contribution < -0.4 is 5.32 Å². The summed E-state index contributed by atoms with van der Waals surface area (Å²) in [5.41, 5.74) is 5.59. The molecule has 8 nitrogen and oxygen atoms in total. The number of hydrogen-bond donors (Lipinski definition) is 1. The minimum absolute atomic E-state index is 0. The maximum absolute atomic E-state index is 13.5. The first kappa shape index (κ1) is 32.9. The van der Waals surface area contributed by atoms with Gasteiger partial charge in [0.15, 0.2) is 0 Å². The summed E-state index contributed by atoms with van der Waals surface area (Å²) in [5.74, 6) is 0.528. The second-order valence-corrected chi connectivity index (χ2v) is 11.3. The summed E-state index contributed by atoms with van der Waals surface area (Å²) in [4.78, 5) is 25.8. The van der Waals surface area contributed by atoms with E-state index in [0.717, 1.165) is 61.0 Å². The zero-order valence-electron chi connectivity index (χ0n) is 23.2. The molecule has 0 aliphatic carbocycles. The number of carbonyl (C=O) groups is 1. The number of benzene rings is 2. The molecule has 0 radical (unpaired) electrons. The molecule has 4 aromatic rings. The highest BCUT2D eigenvalue weighted by Crippen LogP contribution is 2.42. The average Bonchev–Trinajstić information content (AvgIpc) is 3.63. The van der Waals surface area contributed by atoms with E-state index in [2.05, 4.69) is 31.0 Å². The Labute approximate surface area is 272 Å². The minimum atomic E-state index is -0.204. The molecule has 2 aliphatic heterocycles. The van der Waals surface area contributed by atoms with Crippen molar-refractivity contribution >= 4 is 65.5 Å². The molecular weight excluding hydrogens is 629 g/mol. The lowest BCUT2D eigenvalue weighted by molar-refractivity contribution is 0.0212. The number of pyridine rings is 1. The lowest BCUT2D eigenvalue weighted by atomic mass is 10.0. The Balaban J connectivity index is 0.00000212. The van der Waals surface area contributed by atoms with Gasteiger partial charge in [0, 0.05) is 66.4 Å². The van der Waals surface area contributed by atoms with Crippen molar-refractivity contribution in [2.24, 2.45) is 5.16 Å². The predicted molar refractivity (Wildman–Crippen MR) is 177 cm³/mol. The van der Waals surface area contributed by atoms with E-state index >= 15 is 0 Å². The van der Waals surface area contributed by atoms with Gasteiger partial charge < -0.3 is 19.5 Å². The maximum atomic E-state index is 13.5. The molecule has 4 heterocycles. The van der Waals surface area contributed by atoms with Crippen LogP contribution in [0.1, 0.15) is 38.1 Å². The van der Waals surface area contributed by atoms with Crippen LogP contribution in [0, 0.1) is 0 Å². The van der Waals surface area contributed by atoms with Gasteiger partial charge in [-0.05, 0) is 24.3 Å². The van der Waals surface area contributed by atoms with Crippen molar-refractivity contribution < 1.29 is 14.4 Å². The fraction of sp³-hybridized carbons (Fsp3) is 0.258. The highest BCUT2D eigenvalue weighted by atomic mass is 35.5. The van der Waals surface area contributed by atoms with Crippen molar-refractivity contribution in [3.63, 3.8) is 0 Å². The van der Waals surface area contributed by atoms with E-state index in [0.29, 0.717) is 28.6 Å². The SMILES string of the molecule is Cl.Cl.O=C(Nc1cc(C(=NOCCN2CCOCC2)c2ccccc2)ccc1Cl)c1ccn2c1CSC2c1cccnc1. The number of morpholine rings is 1. The Morgan fingerprint density at radius 3 is 2.65 bits per heavy atom. The molecule has 43 heavy (non-hydrogen) atoms. The molecule has 1 atom stereocenters. The van der Waals surface area contributed by atoms with E-state index in [1.165, 1.54) is 0 Å². The summed E-state index contributed by atoms with van der Waals surface area (Å²) in [5, 5.41) is 8.10. The number of oxime groups is 1. The molecule has 1 N–H and O–H groups in total. The number of nitrogens with zero attached hydrogens (tertiary/aromatic N) is 4. The third-order valence-corrected chi connectivity index (χ3v) is 8.75. The van der Waals surface area contributed by atoms with E-state index < -0.39 is 0 Å². The van der Waals surface area contributed by atoms with E-state index in [1.807, 2.05) is 67.0 Å². The Kier molecular flexibility index (Phi) is 11.9. The summed E-state index contributed by atoms with van der Waals surface area (Å²) in [6.07, 6.45) is 5.60. The number of halogens is 3. The first-order chi connectivity index (χ1) is 20.2. The zero-order chi connectivity index (χ0) is 28.0. The summed E-state index contributed by atoms with van der Waals surface area (Å²) in [6.45, 7) is 4.52. The number of hydrogen-bond acceptors (Lipinski definition) is 7. The van der Waals surface area contributed by atoms with Crippen molar-refractivity contribution in [2.75, 3.05) is 44.8 Å². The summed E-state index contributed by atoms with van der Waals surface area (Å²) in [7, 11) is 0. The van der Waals surface area contributed by atoms with Crippen molar-refractivity contribution in [1.82, 2.24) is 14.5 Å². The second kappa shape index (κ2) is 15.6. The Bertz CT molecular complexity index is 1530. The lowest BCUT2D eigenvalue weighted by Gasteiger charge is -2.25. The molecule has 226 valence electrons. The number of rotatable bonds is 9. The summed E-state index contributed by atoms with van der Waals surface area (Å²) >= 11 is 8.34. The van der Waals surface area contributed by atoms with E-state index in [1.54, 1.807) is 24.0 Å². The van der Waals surface area contributed by atoms with Crippen LogP contribution in [0.4, 0.5) is 5.69 Å². The number of carbonyl (C=O) groups excluding carboxylic acids is 1. The number of fused-ring (bicyclic) bond motifs is 1. The van der Waals surface area contributed by atoms with Gasteiger partial charge in [-0.15, -0.1) is 36.6 Å². The molecule has 2 aliphatic rings. The van der Waals surface area contributed by atoms with Crippen LogP contribution in [-0.4, -0.2) is 65.5 Å². The lowest BCUT2D eigenvalue weighted by Crippen LogP contribution is -2.38. The smallest absolute Gasteiger partial charge is 0.257 e. The van der Waals surface area contributed by atoms with Gasteiger partial charge in [0.05, 0.1) is 29.5 Å². The van der Waals surface area contributed by atoms with Crippen LogP contribution in [0.2, 0.25) is 5.02 Å². The van der Waals surface area contributed by atoms with Crippen molar-refractivity contribution in [2.45, 2.75) is 11.1 Å². The van der Waals surface area contributed by atoms with Crippen LogP contribution in [0.3, 0.4) is 0 Å². The molecule has 12 heteroatoms. The number of ether oxygens (including phenoxy) is 1. The number of amides is 1. The molecular formula is C31H32Cl3N5O3S. The molecule has 1 fully saturated rings. The Hall–Kier alpha value is -3.05. The maximum Gasteiger partial charge on any atom is 0.257 e. The molecule has 6 rings (SSSR count). The highest BCUT2D eigenvalue weighted by molar-refractivity contribution is 7.99. The van der Waals surface area contributed by atoms with E-state index in [9.17, 15) is 4.79 Å². The molecule has 1 amide bonds. The molecule has 1 saturated heterocycles. The molecule has 2 aromatic carbocycles. The van der Waals surface area contributed by atoms with Gasteiger partial charge in [0.2, 0.25) is 0 Å². The van der Waals surface area contributed by atoms with Crippen molar-refractivity contribution in [3.8, 4) is 0 Å². The van der Waals surface area contributed by atoms with Gasteiger partial charge in [0.1, 0.15) is 17.7 Å². The third kappa shape index (κ3) is 7.73. The second-order valence-electron chi connectivity index (χ2n) is 9.78. The van der Waals surface area contributed by atoms with Gasteiger partial charge in [-0.25, -0.2) is 0 Å². The Morgan fingerprint density at radius 1 is 1.07 bits per heavy atom. The van der Waals surface area contributed by atoms with Gasteiger partial charge in [-0.1, -0.05) is 59.2 Å². The monoisotopic (exact) mass is 659 g/mol. The normalized spacial score (nSPS) is 16.5. The van der Waals surface area contributed by atoms with Crippen LogP contribution in [-0.2, 0) is 15.3 Å². The zero-order valence-corrected chi connectivity index (χ0v) is 26.4. The van der Waals surface area contributed by atoms with Crippen LogP contribution in [0.25, 0.3) is 0 Å². The van der Waals surface area contributed by atoms with Crippen molar-refractivity contribution in [3.05, 3.63) is 118 Å². The largest absolute Gasteiger partial charge is 0.394 e. The molecule has 0 spiro atoms. The molecule has 1 unspecified atom stereocenters. The van der Waals surface area contributed by atoms with Crippen LogP contribution in [0.5, 0.6) is 0 Å². The summed E-state index contributed by atoms with van der Waals surface area (Å²) in [6, 6.07) is 21.2. The molecule has 2 aromatic heterocycles. The average molecular weight is 661 g/mol. The first-order valence-electron chi connectivity index (χ1n) is 13.6. The minimum Gasteiger partial charge on any atom is -0.394 e. The van der Waals surface area contributed by atoms with Crippen LogP contribution in [0.15, 0.2) is 90.5 Å². The fourth-order valence-corrected chi connectivity index (χ4v) is 6.48. The molecule has 0 bridgehead atoms. The number of aromatic nitrogens is 2. The van der Waals surface area contributed by atoms with Gasteiger partial charge in [-0.3, -0.25) is 14.7 Å². The van der Waals surface area contributed by atoms with Gasteiger partial charge in [-0.2, -0.15) is 0 Å². The van der Waals surface area contributed by atoms with Gasteiger partial charge in [0.25, 0.3) is 5.91 Å². The highest BCUT2D eigenvalue weighted by Gasteiger charge is 2.28. The number of thioether (sulfide) groups is 1. The van der Waals surface area contributed by atoms with E-state index in [4.69, 9.17) is 21.2 Å². The number of nitrogens with one attached hydrogen (secondary N) is 1. The topological polar surface area (TPSA) is 81.0 Å². The van der Waals surface area contributed by atoms with Crippen molar-refractivity contribution in [1.29, 1.82) is 0 Å². The fourth-order valence-electron chi connectivity index (χ4n) is 5.01. The standard InChI is InChI=1S/C31H30ClN5O3S.2ClH/c32-26-9-8-23(29(22-5-2-1-3-6-22)35-40-18-15-36-13-16-39-17-14-36)19-27(26)34-30(38)25-10-12-37-28(25)21-41-31(37)24-7-4-11-33-20-24;;/h1-12,19-20,31H,13-18,21H2,(H,34,38);2*1H. The molecule has 0 saturated carbocycles. The number of anilines is 1. The predicted octanol–water partition coefficient (Wildman–Crippen LogP) is 6.53. The summed E-state index contributed by atoms with van der Waals surface area (Å²) < 4.78 is 7.56. The quantitative estimate of drug-likeness (QED) is 0.125.